The van der Waals surface area contributed by atoms with Crippen molar-refractivity contribution >= 4 is 21.7 Å². The number of ether oxygens (including phenoxy) is 1. The summed E-state index contributed by atoms with van der Waals surface area (Å²) in [5.74, 6) is -2.03. The second kappa shape index (κ2) is 6.13. The summed E-state index contributed by atoms with van der Waals surface area (Å²) in [6.45, 7) is 2.25. The van der Waals surface area contributed by atoms with Crippen LogP contribution in [0.25, 0.3) is 0 Å². The van der Waals surface area contributed by atoms with Gasteiger partial charge in [0, 0.05) is 10.0 Å². The fourth-order valence-corrected chi connectivity index (χ4v) is 2.20. The Hall–Kier alpha value is -1.75. The van der Waals surface area contributed by atoms with Gasteiger partial charge in [-0.2, -0.15) is 0 Å². The molecule has 0 atom stereocenters. The van der Waals surface area contributed by atoms with Crippen LogP contribution in [0.5, 0.6) is 5.75 Å². The van der Waals surface area contributed by atoms with E-state index in [-0.39, 0.29) is 10.0 Å². The summed E-state index contributed by atoms with van der Waals surface area (Å²) in [5.41, 5.74) is -0.391. The fourth-order valence-electron chi connectivity index (χ4n) is 1.80. The smallest absolute Gasteiger partial charge is 0.199 e. The van der Waals surface area contributed by atoms with Crippen LogP contribution >= 0.6 is 15.9 Å². The molecule has 0 aliphatic carbocycles. The van der Waals surface area contributed by atoms with Gasteiger partial charge in [-0.25, -0.2) is 8.78 Å². The standard InChI is InChI=1S/C15H11BrF2O2/c1-2-20-11-5-3-4-9(6-11)15(19)14-12(17)7-10(16)8-13(14)18/h3-8H,2H2,1H3. The SMILES string of the molecule is CCOc1cccc(C(=O)c2c(F)cc(Br)cc2F)c1. The third kappa shape index (κ3) is 3.04. The van der Waals surface area contributed by atoms with Gasteiger partial charge in [0.1, 0.15) is 17.4 Å². The normalized spacial score (nSPS) is 10.4. The van der Waals surface area contributed by atoms with E-state index in [1.807, 2.05) is 6.92 Å². The number of halogens is 3. The molecule has 0 unspecified atom stereocenters. The first-order chi connectivity index (χ1) is 9.52. The zero-order valence-corrected chi connectivity index (χ0v) is 12.2. The van der Waals surface area contributed by atoms with E-state index < -0.39 is 23.0 Å². The monoisotopic (exact) mass is 340 g/mol. The molecule has 0 spiro atoms. The fraction of sp³-hybridized carbons (Fsp3) is 0.133. The zero-order chi connectivity index (χ0) is 14.7. The van der Waals surface area contributed by atoms with Crippen molar-refractivity contribution in [1.29, 1.82) is 0 Å². The lowest BCUT2D eigenvalue weighted by Crippen LogP contribution is -2.08. The topological polar surface area (TPSA) is 26.3 Å². The van der Waals surface area contributed by atoms with Gasteiger partial charge in [0.05, 0.1) is 12.2 Å². The molecule has 0 N–H and O–H groups in total. The maximum Gasteiger partial charge on any atom is 0.199 e. The van der Waals surface area contributed by atoms with E-state index in [0.29, 0.717) is 12.4 Å². The molecule has 2 rings (SSSR count). The van der Waals surface area contributed by atoms with Crippen molar-refractivity contribution in [3.63, 3.8) is 0 Å². The predicted molar refractivity (Wildman–Crippen MR) is 75.1 cm³/mol. The van der Waals surface area contributed by atoms with Crippen molar-refractivity contribution in [2.24, 2.45) is 0 Å². The van der Waals surface area contributed by atoms with Crippen molar-refractivity contribution < 1.29 is 18.3 Å². The lowest BCUT2D eigenvalue weighted by Gasteiger charge is -2.07. The van der Waals surface area contributed by atoms with Gasteiger partial charge in [0.2, 0.25) is 0 Å². The summed E-state index contributed by atoms with van der Waals surface area (Å²) in [6, 6.07) is 8.35. The molecule has 0 aliphatic rings. The predicted octanol–water partition coefficient (Wildman–Crippen LogP) is 4.36. The first-order valence-electron chi connectivity index (χ1n) is 5.95. The first kappa shape index (κ1) is 14.7. The van der Waals surface area contributed by atoms with Crippen LogP contribution in [0.4, 0.5) is 8.78 Å². The molecule has 20 heavy (non-hydrogen) atoms. The largest absolute Gasteiger partial charge is 0.494 e. The summed E-state index contributed by atoms with van der Waals surface area (Å²) in [7, 11) is 0. The summed E-state index contributed by atoms with van der Waals surface area (Å²) in [4.78, 5) is 12.2. The Balaban J connectivity index is 2.44. The van der Waals surface area contributed by atoms with Crippen molar-refractivity contribution in [2.75, 3.05) is 6.61 Å². The molecular weight excluding hydrogens is 330 g/mol. The van der Waals surface area contributed by atoms with Crippen LogP contribution in [0.3, 0.4) is 0 Å². The van der Waals surface area contributed by atoms with E-state index >= 15 is 0 Å². The van der Waals surface area contributed by atoms with Crippen molar-refractivity contribution in [3.8, 4) is 5.75 Å². The van der Waals surface area contributed by atoms with Crippen LogP contribution in [0.2, 0.25) is 0 Å². The van der Waals surface area contributed by atoms with E-state index in [4.69, 9.17) is 4.74 Å². The second-order valence-corrected chi connectivity index (χ2v) is 4.95. The summed E-state index contributed by atoms with van der Waals surface area (Å²) < 4.78 is 33.1. The molecule has 0 fully saturated rings. The van der Waals surface area contributed by atoms with E-state index in [1.54, 1.807) is 12.1 Å². The Morgan fingerprint density at radius 1 is 1.20 bits per heavy atom. The molecule has 0 radical (unpaired) electrons. The van der Waals surface area contributed by atoms with Gasteiger partial charge in [-0.1, -0.05) is 28.1 Å². The number of ketones is 1. The Morgan fingerprint density at radius 3 is 2.45 bits per heavy atom. The molecular formula is C15H11BrF2O2. The maximum absolute atomic E-state index is 13.8. The van der Waals surface area contributed by atoms with Gasteiger partial charge in [0.15, 0.2) is 5.78 Å². The minimum absolute atomic E-state index is 0.177. The van der Waals surface area contributed by atoms with Crippen LogP contribution < -0.4 is 4.74 Å². The van der Waals surface area contributed by atoms with Crippen LogP contribution in [-0.4, -0.2) is 12.4 Å². The lowest BCUT2D eigenvalue weighted by molar-refractivity contribution is 0.103. The summed E-state index contributed by atoms with van der Waals surface area (Å²) in [5, 5.41) is 0. The van der Waals surface area contributed by atoms with Crippen molar-refractivity contribution in [1.82, 2.24) is 0 Å². The molecule has 0 aromatic heterocycles. The van der Waals surface area contributed by atoms with Crippen molar-refractivity contribution in [2.45, 2.75) is 6.92 Å². The average Bonchev–Trinajstić information content (AvgIpc) is 2.38. The molecule has 5 heteroatoms. The average molecular weight is 341 g/mol. The van der Waals surface area contributed by atoms with E-state index in [9.17, 15) is 13.6 Å². The number of hydrogen-bond acceptors (Lipinski definition) is 2. The van der Waals surface area contributed by atoms with Crippen LogP contribution in [0, 0.1) is 11.6 Å². The highest BCUT2D eigenvalue weighted by atomic mass is 79.9. The Morgan fingerprint density at radius 2 is 1.85 bits per heavy atom. The molecule has 2 nitrogen and oxygen atoms in total. The summed E-state index contributed by atoms with van der Waals surface area (Å²) in [6.07, 6.45) is 0. The molecule has 0 saturated heterocycles. The lowest BCUT2D eigenvalue weighted by atomic mass is 10.0. The first-order valence-corrected chi connectivity index (χ1v) is 6.74. The highest BCUT2D eigenvalue weighted by Gasteiger charge is 2.20. The Bertz CT molecular complexity index is 633. The molecule has 2 aromatic rings. The molecule has 104 valence electrons. The van der Waals surface area contributed by atoms with Crippen molar-refractivity contribution in [3.05, 3.63) is 63.6 Å². The molecule has 0 saturated carbocycles. The maximum atomic E-state index is 13.8. The molecule has 0 heterocycles. The number of carbonyl (C=O) groups is 1. The third-order valence-corrected chi connectivity index (χ3v) is 3.10. The molecule has 0 aliphatic heterocycles. The van der Waals surface area contributed by atoms with E-state index in [0.717, 1.165) is 12.1 Å². The number of hydrogen-bond donors (Lipinski definition) is 0. The summed E-state index contributed by atoms with van der Waals surface area (Å²) >= 11 is 2.97. The molecule has 2 aromatic carbocycles. The van der Waals surface area contributed by atoms with Gasteiger partial charge in [-0.05, 0) is 31.2 Å². The van der Waals surface area contributed by atoms with Gasteiger partial charge < -0.3 is 4.74 Å². The number of carbonyl (C=O) groups excluding carboxylic acids is 1. The van der Waals surface area contributed by atoms with Crippen LogP contribution in [0.15, 0.2) is 40.9 Å². The molecule has 0 amide bonds. The zero-order valence-electron chi connectivity index (χ0n) is 10.6. The quantitative estimate of drug-likeness (QED) is 0.773. The minimum Gasteiger partial charge on any atom is -0.494 e. The number of benzene rings is 2. The Labute approximate surface area is 123 Å². The molecule has 0 bridgehead atoms. The van der Waals surface area contributed by atoms with Gasteiger partial charge in [0.25, 0.3) is 0 Å². The van der Waals surface area contributed by atoms with E-state index in [1.165, 1.54) is 12.1 Å². The van der Waals surface area contributed by atoms with Gasteiger partial charge in [-0.15, -0.1) is 0 Å². The van der Waals surface area contributed by atoms with E-state index in [2.05, 4.69) is 15.9 Å². The third-order valence-electron chi connectivity index (χ3n) is 2.64. The highest BCUT2D eigenvalue weighted by Crippen LogP contribution is 2.23. The van der Waals surface area contributed by atoms with Gasteiger partial charge in [-0.3, -0.25) is 4.79 Å². The Kier molecular flexibility index (Phi) is 4.49. The highest BCUT2D eigenvalue weighted by molar-refractivity contribution is 9.10. The second-order valence-electron chi connectivity index (χ2n) is 4.03. The minimum atomic E-state index is -0.899. The number of rotatable bonds is 4. The van der Waals surface area contributed by atoms with Crippen LogP contribution in [-0.2, 0) is 0 Å². The van der Waals surface area contributed by atoms with Crippen LogP contribution in [0.1, 0.15) is 22.8 Å². The van der Waals surface area contributed by atoms with Gasteiger partial charge >= 0.3 is 0 Å².